The van der Waals surface area contributed by atoms with Gasteiger partial charge in [0, 0.05) is 5.56 Å². The van der Waals surface area contributed by atoms with E-state index in [-0.39, 0.29) is 0 Å². The summed E-state index contributed by atoms with van der Waals surface area (Å²) in [7, 11) is 0. The highest BCUT2D eigenvalue weighted by Gasteiger charge is 2.07. The van der Waals surface area contributed by atoms with E-state index in [1.165, 1.54) is 17.3 Å². The Kier molecular flexibility index (Phi) is 5.19. The van der Waals surface area contributed by atoms with Crippen LogP contribution in [0, 0.1) is 13.8 Å². The van der Waals surface area contributed by atoms with Gasteiger partial charge in [-0.3, -0.25) is 0 Å². The van der Waals surface area contributed by atoms with E-state index < -0.39 is 0 Å². The van der Waals surface area contributed by atoms with Crippen molar-refractivity contribution in [1.29, 1.82) is 0 Å². The number of ether oxygens (including phenoxy) is 2. The Morgan fingerprint density at radius 2 is 1.64 bits per heavy atom. The molecule has 3 rings (SSSR count). The Morgan fingerprint density at radius 3 is 2.40 bits per heavy atom. The molecule has 0 bridgehead atoms. The third kappa shape index (κ3) is 4.10. The van der Waals surface area contributed by atoms with Crippen molar-refractivity contribution < 1.29 is 14.7 Å². The SMILES string of the molecule is Cc1cc(C)cc(OCCOc2ccc3ccccc3c2C=NO)c1. The molecule has 0 aliphatic carbocycles. The minimum atomic E-state index is 0.400. The molecule has 4 nitrogen and oxygen atoms in total. The van der Waals surface area contributed by atoms with E-state index >= 15 is 0 Å². The summed E-state index contributed by atoms with van der Waals surface area (Å²) in [5.41, 5.74) is 3.10. The van der Waals surface area contributed by atoms with E-state index in [0.29, 0.717) is 19.0 Å². The molecule has 25 heavy (non-hydrogen) atoms. The molecular weight excluding hydrogens is 314 g/mol. The zero-order chi connectivity index (χ0) is 17.6. The normalized spacial score (nSPS) is 11.1. The molecule has 1 N–H and O–H groups in total. The smallest absolute Gasteiger partial charge is 0.129 e. The van der Waals surface area contributed by atoms with Gasteiger partial charge in [0.2, 0.25) is 0 Å². The van der Waals surface area contributed by atoms with Gasteiger partial charge in [0.25, 0.3) is 0 Å². The van der Waals surface area contributed by atoms with Crippen molar-refractivity contribution in [1.82, 2.24) is 0 Å². The van der Waals surface area contributed by atoms with Gasteiger partial charge in [0.05, 0.1) is 6.21 Å². The monoisotopic (exact) mass is 335 g/mol. The van der Waals surface area contributed by atoms with Gasteiger partial charge in [-0.15, -0.1) is 0 Å². The van der Waals surface area contributed by atoms with Crippen LogP contribution in [0.3, 0.4) is 0 Å². The maximum absolute atomic E-state index is 8.97. The van der Waals surface area contributed by atoms with Crippen LogP contribution in [0.4, 0.5) is 0 Å². The number of benzene rings is 3. The van der Waals surface area contributed by atoms with E-state index in [2.05, 4.69) is 11.2 Å². The fourth-order valence-electron chi connectivity index (χ4n) is 2.92. The Morgan fingerprint density at radius 1 is 0.920 bits per heavy atom. The lowest BCUT2D eigenvalue weighted by Crippen LogP contribution is -2.10. The summed E-state index contributed by atoms with van der Waals surface area (Å²) in [5, 5.41) is 14.2. The lowest BCUT2D eigenvalue weighted by atomic mass is 10.0. The van der Waals surface area contributed by atoms with E-state index in [4.69, 9.17) is 14.7 Å². The largest absolute Gasteiger partial charge is 0.490 e. The van der Waals surface area contributed by atoms with Gasteiger partial charge in [0.1, 0.15) is 24.7 Å². The van der Waals surface area contributed by atoms with Gasteiger partial charge in [-0.05, 0) is 53.9 Å². The maximum Gasteiger partial charge on any atom is 0.129 e. The molecule has 3 aromatic rings. The first-order valence-corrected chi connectivity index (χ1v) is 8.20. The lowest BCUT2D eigenvalue weighted by Gasteiger charge is -2.12. The van der Waals surface area contributed by atoms with Gasteiger partial charge in [-0.1, -0.05) is 41.6 Å². The molecule has 0 amide bonds. The van der Waals surface area contributed by atoms with E-state index in [0.717, 1.165) is 22.1 Å². The summed E-state index contributed by atoms with van der Waals surface area (Å²) in [6.07, 6.45) is 1.41. The Bertz CT molecular complexity index is 883. The van der Waals surface area contributed by atoms with Crippen molar-refractivity contribution in [2.24, 2.45) is 5.16 Å². The predicted molar refractivity (Wildman–Crippen MR) is 100 cm³/mol. The summed E-state index contributed by atoms with van der Waals surface area (Å²) >= 11 is 0. The number of fused-ring (bicyclic) bond motifs is 1. The van der Waals surface area contributed by atoms with Crippen LogP contribution in [0.15, 0.2) is 59.8 Å². The van der Waals surface area contributed by atoms with Gasteiger partial charge in [0.15, 0.2) is 0 Å². The van der Waals surface area contributed by atoms with Crippen LogP contribution in [0.5, 0.6) is 11.5 Å². The highest BCUT2D eigenvalue weighted by molar-refractivity contribution is 6.02. The molecule has 0 spiro atoms. The molecular formula is C21H21NO3. The summed E-state index contributed by atoms with van der Waals surface area (Å²) in [4.78, 5) is 0. The first kappa shape index (κ1) is 16.8. The van der Waals surface area contributed by atoms with Crippen molar-refractivity contribution >= 4 is 17.0 Å². The molecule has 0 atom stereocenters. The third-order valence-electron chi connectivity index (χ3n) is 3.92. The van der Waals surface area contributed by atoms with Crippen LogP contribution >= 0.6 is 0 Å². The molecule has 0 aromatic heterocycles. The van der Waals surface area contributed by atoms with Crippen molar-refractivity contribution in [3.05, 3.63) is 71.3 Å². The summed E-state index contributed by atoms with van der Waals surface area (Å²) < 4.78 is 11.6. The van der Waals surface area contributed by atoms with E-state index in [9.17, 15) is 0 Å². The molecule has 0 saturated carbocycles. The number of hydrogen-bond acceptors (Lipinski definition) is 4. The molecule has 0 fully saturated rings. The van der Waals surface area contributed by atoms with Crippen molar-refractivity contribution in [2.45, 2.75) is 13.8 Å². The topological polar surface area (TPSA) is 51.0 Å². The number of aryl methyl sites for hydroxylation is 2. The summed E-state index contributed by atoms with van der Waals surface area (Å²) in [6, 6.07) is 17.9. The minimum Gasteiger partial charge on any atom is -0.490 e. The second kappa shape index (κ2) is 7.71. The van der Waals surface area contributed by atoms with Crippen molar-refractivity contribution in [3.63, 3.8) is 0 Å². The zero-order valence-electron chi connectivity index (χ0n) is 14.4. The van der Waals surface area contributed by atoms with Gasteiger partial charge < -0.3 is 14.7 Å². The zero-order valence-corrected chi connectivity index (χ0v) is 14.4. The lowest BCUT2D eigenvalue weighted by molar-refractivity contribution is 0.217. The standard InChI is InChI=1S/C21H21NO3/c1-15-11-16(2)13-18(12-15)24-9-10-25-21-8-7-17-5-3-4-6-19(17)20(21)14-22-23/h3-8,11-14,23H,9-10H2,1-2H3. The Hall–Kier alpha value is -3.01. The first-order valence-electron chi connectivity index (χ1n) is 8.20. The molecule has 3 aromatic carbocycles. The molecule has 0 radical (unpaired) electrons. The molecule has 0 unspecified atom stereocenters. The van der Waals surface area contributed by atoms with Crippen molar-refractivity contribution in [2.75, 3.05) is 13.2 Å². The number of hydrogen-bond donors (Lipinski definition) is 1. The maximum atomic E-state index is 8.97. The van der Waals surface area contributed by atoms with Crippen LogP contribution in [-0.4, -0.2) is 24.6 Å². The Labute approximate surface area is 147 Å². The summed E-state index contributed by atoms with van der Waals surface area (Å²) in [6.45, 7) is 4.93. The quantitative estimate of drug-likeness (QED) is 0.307. The van der Waals surface area contributed by atoms with Crippen LogP contribution in [0.1, 0.15) is 16.7 Å². The van der Waals surface area contributed by atoms with Crippen LogP contribution in [-0.2, 0) is 0 Å². The molecule has 4 heteroatoms. The van der Waals surface area contributed by atoms with Crippen LogP contribution in [0.2, 0.25) is 0 Å². The molecule has 128 valence electrons. The highest BCUT2D eigenvalue weighted by atomic mass is 16.5. The van der Waals surface area contributed by atoms with Gasteiger partial charge >= 0.3 is 0 Å². The predicted octanol–water partition coefficient (Wildman–Crippen LogP) is 4.72. The van der Waals surface area contributed by atoms with Crippen molar-refractivity contribution in [3.8, 4) is 11.5 Å². The van der Waals surface area contributed by atoms with Gasteiger partial charge in [-0.2, -0.15) is 0 Å². The average Bonchev–Trinajstić information content (AvgIpc) is 2.59. The number of oxime groups is 1. The van der Waals surface area contributed by atoms with Crippen LogP contribution in [0.25, 0.3) is 10.8 Å². The third-order valence-corrected chi connectivity index (χ3v) is 3.92. The minimum absolute atomic E-state index is 0.400. The molecule has 0 aliphatic heterocycles. The first-order chi connectivity index (χ1) is 12.2. The van der Waals surface area contributed by atoms with Gasteiger partial charge in [-0.25, -0.2) is 0 Å². The number of rotatable bonds is 6. The highest BCUT2D eigenvalue weighted by Crippen LogP contribution is 2.26. The second-order valence-corrected chi connectivity index (χ2v) is 5.96. The second-order valence-electron chi connectivity index (χ2n) is 5.96. The molecule has 0 aliphatic rings. The molecule has 0 heterocycles. The fraction of sp³-hybridized carbons (Fsp3) is 0.190. The molecule has 0 saturated heterocycles. The number of nitrogens with zero attached hydrogens (tertiary/aromatic N) is 1. The van der Waals surface area contributed by atoms with E-state index in [1.54, 1.807) is 0 Å². The summed E-state index contributed by atoms with van der Waals surface area (Å²) in [5.74, 6) is 1.51. The Balaban J connectivity index is 1.69. The van der Waals surface area contributed by atoms with E-state index in [1.807, 2.05) is 62.4 Å². The fourth-order valence-corrected chi connectivity index (χ4v) is 2.92. The average molecular weight is 335 g/mol. The van der Waals surface area contributed by atoms with Crippen LogP contribution < -0.4 is 9.47 Å².